The predicted octanol–water partition coefficient (Wildman–Crippen LogP) is 3.94. The van der Waals surface area contributed by atoms with Crippen molar-refractivity contribution >= 4 is 18.0 Å². The van der Waals surface area contributed by atoms with Gasteiger partial charge in [0.1, 0.15) is 12.6 Å². The van der Waals surface area contributed by atoms with E-state index >= 15 is 0 Å². The number of ether oxygens (including phenoxy) is 2. The minimum atomic E-state index is -0.923. The first-order chi connectivity index (χ1) is 16.6. The maximum absolute atomic E-state index is 12.8. The van der Waals surface area contributed by atoms with Gasteiger partial charge in [-0.3, -0.25) is 9.59 Å². The maximum Gasteiger partial charge on any atom is 0.407 e. The number of hydrogen-bond donors (Lipinski definition) is 3. The van der Waals surface area contributed by atoms with Crippen molar-refractivity contribution in [1.82, 2.24) is 10.6 Å². The van der Waals surface area contributed by atoms with Crippen molar-refractivity contribution in [2.45, 2.75) is 51.2 Å². The first-order valence-electron chi connectivity index (χ1n) is 11.8. The van der Waals surface area contributed by atoms with Crippen LogP contribution in [0.1, 0.15) is 50.7 Å². The van der Waals surface area contributed by atoms with Crippen LogP contribution in [-0.4, -0.2) is 55.0 Å². The molecule has 0 aromatic heterocycles. The zero-order valence-electron chi connectivity index (χ0n) is 20.7. The van der Waals surface area contributed by atoms with Gasteiger partial charge in [0, 0.05) is 26.0 Å². The Labute approximate surface area is 206 Å². The summed E-state index contributed by atoms with van der Waals surface area (Å²) in [5.74, 6) is -2.01. The Morgan fingerprint density at radius 3 is 2.14 bits per heavy atom. The molecular weight excluding hydrogens is 448 g/mol. The Bertz CT molecular complexity index is 1020. The van der Waals surface area contributed by atoms with Crippen LogP contribution in [0.25, 0.3) is 11.1 Å². The molecule has 2 amide bonds. The van der Waals surface area contributed by atoms with Crippen LogP contribution in [0.3, 0.4) is 0 Å². The number of amides is 2. The highest BCUT2D eigenvalue weighted by Crippen LogP contribution is 2.44. The van der Waals surface area contributed by atoms with Crippen LogP contribution in [0.4, 0.5) is 4.79 Å². The molecule has 1 aliphatic rings. The van der Waals surface area contributed by atoms with Gasteiger partial charge in [0.25, 0.3) is 0 Å². The van der Waals surface area contributed by atoms with E-state index in [1.165, 1.54) is 7.11 Å². The summed E-state index contributed by atoms with van der Waals surface area (Å²) < 4.78 is 11.0. The van der Waals surface area contributed by atoms with E-state index in [2.05, 4.69) is 22.8 Å². The fourth-order valence-electron chi connectivity index (χ4n) is 4.23. The molecule has 0 radical (unpaired) electrons. The van der Waals surface area contributed by atoms with Crippen molar-refractivity contribution in [2.24, 2.45) is 5.92 Å². The number of carboxylic acids is 1. The van der Waals surface area contributed by atoms with E-state index < -0.39 is 35.5 Å². The van der Waals surface area contributed by atoms with E-state index in [0.29, 0.717) is 0 Å². The van der Waals surface area contributed by atoms with Crippen molar-refractivity contribution in [3.63, 3.8) is 0 Å². The second kappa shape index (κ2) is 11.4. The van der Waals surface area contributed by atoms with Crippen molar-refractivity contribution in [2.75, 3.05) is 20.3 Å². The number of aliphatic carboxylic acids is 1. The lowest BCUT2D eigenvalue weighted by atomic mass is 9.98. The lowest BCUT2D eigenvalue weighted by Gasteiger charge is -2.28. The fourth-order valence-corrected chi connectivity index (χ4v) is 4.23. The van der Waals surface area contributed by atoms with Gasteiger partial charge in [-0.05, 0) is 42.5 Å². The second-order valence-corrected chi connectivity index (χ2v) is 9.51. The van der Waals surface area contributed by atoms with Crippen LogP contribution >= 0.6 is 0 Å². The minimum absolute atomic E-state index is 0.0895. The number of benzene rings is 2. The highest BCUT2D eigenvalue weighted by Gasteiger charge is 2.32. The lowest BCUT2D eigenvalue weighted by Crippen LogP contribution is -2.50. The van der Waals surface area contributed by atoms with E-state index in [0.717, 1.165) is 22.3 Å². The van der Waals surface area contributed by atoms with Gasteiger partial charge in [-0.15, -0.1) is 0 Å². The molecule has 0 fully saturated rings. The van der Waals surface area contributed by atoms with Gasteiger partial charge in [0.2, 0.25) is 5.91 Å². The summed E-state index contributed by atoms with van der Waals surface area (Å²) in [6.07, 6.45) is -0.196. The summed E-state index contributed by atoms with van der Waals surface area (Å²) in [7, 11) is 1.54. The van der Waals surface area contributed by atoms with Gasteiger partial charge >= 0.3 is 12.1 Å². The molecular formula is C27H34N2O6. The average molecular weight is 483 g/mol. The van der Waals surface area contributed by atoms with Crippen molar-refractivity contribution in [1.29, 1.82) is 0 Å². The molecule has 35 heavy (non-hydrogen) atoms. The molecule has 0 spiro atoms. The van der Waals surface area contributed by atoms with Crippen LogP contribution in [0.15, 0.2) is 48.5 Å². The molecule has 0 heterocycles. The van der Waals surface area contributed by atoms with Crippen LogP contribution in [0.2, 0.25) is 0 Å². The van der Waals surface area contributed by atoms with E-state index in [1.807, 2.05) is 50.2 Å². The quantitative estimate of drug-likeness (QED) is 0.447. The van der Waals surface area contributed by atoms with Crippen LogP contribution in [0.5, 0.6) is 0 Å². The number of carbonyl (C=O) groups excluding carboxylic acids is 2. The summed E-state index contributed by atoms with van der Waals surface area (Å²) in [4.78, 5) is 36.6. The summed E-state index contributed by atoms with van der Waals surface area (Å²) in [6, 6.07) is 15.2. The molecule has 2 unspecified atom stereocenters. The molecule has 188 valence electrons. The normalized spacial score (nSPS) is 14.4. The molecule has 8 heteroatoms. The molecule has 0 bridgehead atoms. The van der Waals surface area contributed by atoms with Crippen LogP contribution in [0, 0.1) is 5.92 Å². The molecule has 2 atom stereocenters. The van der Waals surface area contributed by atoms with E-state index in [9.17, 15) is 14.4 Å². The third kappa shape index (κ3) is 6.60. The fraction of sp³-hybridized carbons (Fsp3) is 0.444. The van der Waals surface area contributed by atoms with Crippen molar-refractivity contribution in [3.05, 3.63) is 59.7 Å². The monoisotopic (exact) mass is 482 g/mol. The first-order valence-corrected chi connectivity index (χ1v) is 11.8. The van der Waals surface area contributed by atoms with E-state index in [-0.39, 0.29) is 31.9 Å². The lowest BCUT2D eigenvalue weighted by molar-refractivity contribution is -0.141. The highest BCUT2D eigenvalue weighted by atomic mass is 16.5. The molecule has 1 aliphatic carbocycles. The second-order valence-electron chi connectivity index (χ2n) is 9.51. The summed E-state index contributed by atoms with van der Waals surface area (Å²) in [5.41, 5.74) is 3.79. The zero-order valence-corrected chi connectivity index (χ0v) is 20.7. The number of hydrogen-bond acceptors (Lipinski definition) is 5. The van der Waals surface area contributed by atoms with Crippen molar-refractivity contribution < 1.29 is 29.0 Å². The molecule has 3 N–H and O–H groups in total. The first kappa shape index (κ1) is 26.2. The standard InChI is InChI=1S/C27H34N2O6/c1-17(25(31)32)13-14-28-24(30)23(15-27(2,3)34-4)29-26(33)35-16-22-20-11-7-5-9-18(20)19-10-6-8-12-21(19)22/h5-12,17,22-23H,13-16H2,1-4H3,(H,28,30)(H,29,33)(H,31,32). The Hall–Kier alpha value is -3.39. The third-order valence-electron chi connectivity index (χ3n) is 6.50. The Kier molecular flexibility index (Phi) is 8.51. The number of alkyl carbamates (subject to hydrolysis) is 1. The van der Waals surface area contributed by atoms with Crippen LogP contribution < -0.4 is 10.6 Å². The van der Waals surface area contributed by atoms with Gasteiger partial charge in [-0.25, -0.2) is 4.79 Å². The molecule has 0 saturated heterocycles. The van der Waals surface area contributed by atoms with Gasteiger partial charge < -0.3 is 25.2 Å². The summed E-state index contributed by atoms with van der Waals surface area (Å²) in [6.45, 7) is 5.54. The molecule has 2 aromatic carbocycles. The molecule has 2 aromatic rings. The third-order valence-corrected chi connectivity index (χ3v) is 6.50. The van der Waals surface area contributed by atoms with E-state index in [4.69, 9.17) is 14.6 Å². The summed E-state index contributed by atoms with van der Waals surface area (Å²) in [5, 5.41) is 14.4. The molecule has 0 saturated carbocycles. The number of fused-ring (bicyclic) bond motifs is 3. The number of carbonyl (C=O) groups is 3. The number of carboxylic acid groups (broad SMARTS) is 1. The molecule has 3 rings (SSSR count). The SMILES string of the molecule is COC(C)(C)CC(NC(=O)OCC1c2ccccc2-c2ccccc21)C(=O)NCCC(C)C(=O)O. The maximum atomic E-state index is 12.8. The van der Waals surface area contributed by atoms with Crippen LogP contribution in [-0.2, 0) is 19.1 Å². The van der Waals surface area contributed by atoms with Gasteiger partial charge in [0.15, 0.2) is 0 Å². The summed E-state index contributed by atoms with van der Waals surface area (Å²) >= 11 is 0. The largest absolute Gasteiger partial charge is 0.481 e. The Morgan fingerprint density at radius 1 is 1.03 bits per heavy atom. The number of methoxy groups -OCH3 is 1. The topological polar surface area (TPSA) is 114 Å². The Morgan fingerprint density at radius 2 is 1.60 bits per heavy atom. The Balaban J connectivity index is 1.64. The molecule has 0 aliphatic heterocycles. The van der Waals surface area contributed by atoms with Crippen molar-refractivity contribution in [3.8, 4) is 11.1 Å². The average Bonchev–Trinajstić information content (AvgIpc) is 3.15. The van der Waals surface area contributed by atoms with Gasteiger partial charge in [-0.2, -0.15) is 0 Å². The van der Waals surface area contributed by atoms with Gasteiger partial charge in [-0.1, -0.05) is 55.5 Å². The smallest absolute Gasteiger partial charge is 0.407 e. The number of rotatable bonds is 11. The highest BCUT2D eigenvalue weighted by molar-refractivity contribution is 5.86. The van der Waals surface area contributed by atoms with E-state index in [1.54, 1.807) is 6.92 Å². The number of nitrogens with one attached hydrogen (secondary N) is 2. The zero-order chi connectivity index (χ0) is 25.6. The molecule has 8 nitrogen and oxygen atoms in total. The predicted molar refractivity (Wildman–Crippen MR) is 132 cm³/mol. The minimum Gasteiger partial charge on any atom is -0.481 e. The van der Waals surface area contributed by atoms with Gasteiger partial charge in [0.05, 0.1) is 11.5 Å².